The normalized spacial score (nSPS) is 10.8. The summed E-state index contributed by atoms with van der Waals surface area (Å²) >= 11 is 0. The molecule has 0 aliphatic heterocycles. The molecule has 8 heteroatoms. The number of esters is 1. The number of nitrogens with one attached hydrogen (secondary N) is 2. The zero-order valence-corrected chi connectivity index (χ0v) is 16.9. The molecule has 0 spiro atoms. The number of hydrogen-bond acceptors (Lipinski definition) is 6. The average molecular weight is 406 g/mol. The summed E-state index contributed by atoms with van der Waals surface area (Å²) in [4.78, 5) is 23.9. The number of H-pyrrole nitrogens is 1. The van der Waals surface area contributed by atoms with E-state index in [1.165, 1.54) is 13.3 Å². The second-order valence-corrected chi connectivity index (χ2v) is 6.34. The molecule has 2 aromatic carbocycles. The van der Waals surface area contributed by atoms with Crippen molar-refractivity contribution in [1.29, 1.82) is 0 Å². The number of aromatic nitrogens is 2. The summed E-state index contributed by atoms with van der Waals surface area (Å²) in [5.41, 5.74) is 6.24. The molecule has 3 aromatic rings. The SMILES string of the molecule is CCOc1ccc(-c2n[nH]c(C(=O)N/N=C\c3ccc(C(=O)OC)cc3)c2C)cc1. The number of carbonyl (C=O) groups is 2. The van der Waals surface area contributed by atoms with Crippen molar-refractivity contribution in [2.45, 2.75) is 13.8 Å². The van der Waals surface area contributed by atoms with E-state index in [0.717, 1.165) is 16.9 Å². The van der Waals surface area contributed by atoms with Gasteiger partial charge in [0.05, 0.1) is 31.2 Å². The molecule has 30 heavy (non-hydrogen) atoms. The van der Waals surface area contributed by atoms with Crippen LogP contribution in [0.4, 0.5) is 0 Å². The van der Waals surface area contributed by atoms with Crippen molar-refractivity contribution in [2.24, 2.45) is 5.10 Å². The van der Waals surface area contributed by atoms with Gasteiger partial charge in [0.2, 0.25) is 0 Å². The van der Waals surface area contributed by atoms with Crippen molar-refractivity contribution in [2.75, 3.05) is 13.7 Å². The smallest absolute Gasteiger partial charge is 0.337 e. The summed E-state index contributed by atoms with van der Waals surface area (Å²) in [6.45, 7) is 4.34. The minimum atomic E-state index is -0.412. The third-order valence-corrected chi connectivity index (χ3v) is 4.39. The van der Waals surface area contributed by atoms with E-state index in [4.69, 9.17) is 4.74 Å². The quantitative estimate of drug-likeness (QED) is 0.356. The summed E-state index contributed by atoms with van der Waals surface area (Å²) in [6, 6.07) is 14.2. The van der Waals surface area contributed by atoms with Crippen molar-refractivity contribution >= 4 is 18.1 Å². The van der Waals surface area contributed by atoms with E-state index in [-0.39, 0.29) is 0 Å². The zero-order chi connectivity index (χ0) is 21.5. The molecule has 154 valence electrons. The first-order valence-corrected chi connectivity index (χ1v) is 9.33. The Kier molecular flexibility index (Phi) is 6.59. The molecule has 0 fully saturated rings. The molecule has 0 unspecified atom stereocenters. The van der Waals surface area contributed by atoms with Crippen molar-refractivity contribution in [1.82, 2.24) is 15.6 Å². The number of methoxy groups -OCH3 is 1. The Bertz CT molecular complexity index is 1050. The monoisotopic (exact) mass is 406 g/mol. The Morgan fingerprint density at radius 2 is 1.83 bits per heavy atom. The topological polar surface area (TPSA) is 106 Å². The van der Waals surface area contributed by atoms with Gasteiger partial charge in [-0.2, -0.15) is 10.2 Å². The summed E-state index contributed by atoms with van der Waals surface area (Å²) in [7, 11) is 1.33. The highest BCUT2D eigenvalue weighted by Crippen LogP contribution is 2.25. The molecule has 0 aliphatic carbocycles. The molecule has 3 rings (SSSR count). The summed E-state index contributed by atoms with van der Waals surface area (Å²) < 4.78 is 10.1. The van der Waals surface area contributed by atoms with Gasteiger partial charge in [-0.25, -0.2) is 10.2 Å². The highest BCUT2D eigenvalue weighted by atomic mass is 16.5. The highest BCUT2D eigenvalue weighted by molar-refractivity contribution is 5.96. The highest BCUT2D eigenvalue weighted by Gasteiger charge is 2.16. The maximum Gasteiger partial charge on any atom is 0.337 e. The van der Waals surface area contributed by atoms with Crippen LogP contribution in [0.1, 0.15) is 38.9 Å². The predicted octanol–water partition coefficient (Wildman–Crippen LogP) is 3.33. The first-order valence-electron chi connectivity index (χ1n) is 9.33. The van der Waals surface area contributed by atoms with Crippen LogP contribution in [0.3, 0.4) is 0 Å². The molecule has 1 amide bonds. The molecule has 0 aliphatic rings. The Balaban J connectivity index is 1.66. The third kappa shape index (κ3) is 4.72. The van der Waals surface area contributed by atoms with Crippen LogP contribution >= 0.6 is 0 Å². The molecule has 1 aromatic heterocycles. The van der Waals surface area contributed by atoms with Crippen LogP contribution in [0.5, 0.6) is 5.75 Å². The van der Waals surface area contributed by atoms with E-state index in [0.29, 0.717) is 29.1 Å². The van der Waals surface area contributed by atoms with Gasteiger partial charge in [0.1, 0.15) is 11.4 Å². The number of ether oxygens (including phenoxy) is 2. The van der Waals surface area contributed by atoms with Crippen LogP contribution in [0, 0.1) is 6.92 Å². The number of carbonyl (C=O) groups excluding carboxylic acids is 2. The van der Waals surface area contributed by atoms with Crippen LogP contribution in [0.15, 0.2) is 53.6 Å². The van der Waals surface area contributed by atoms with E-state index in [2.05, 4.69) is 25.5 Å². The van der Waals surface area contributed by atoms with Crippen molar-refractivity contribution in [3.63, 3.8) is 0 Å². The fourth-order valence-electron chi connectivity index (χ4n) is 2.82. The minimum Gasteiger partial charge on any atom is -0.494 e. The van der Waals surface area contributed by atoms with Crippen molar-refractivity contribution in [3.05, 3.63) is 70.9 Å². The molecule has 0 saturated heterocycles. The summed E-state index contributed by atoms with van der Waals surface area (Å²) in [5.74, 6) is -0.0363. The zero-order valence-electron chi connectivity index (χ0n) is 16.9. The van der Waals surface area contributed by atoms with E-state index in [9.17, 15) is 9.59 Å². The maximum atomic E-state index is 12.4. The van der Waals surface area contributed by atoms with Gasteiger partial charge < -0.3 is 9.47 Å². The lowest BCUT2D eigenvalue weighted by atomic mass is 10.1. The lowest BCUT2D eigenvalue weighted by Crippen LogP contribution is -2.19. The number of rotatable bonds is 7. The van der Waals surface area contributed by atoms with Gasteiger partial charge in [-0.1, -0.05) is 12.1 Å². The molecule has 1 heterocycles. The summed E-state index contributed by atoms with van der Waals surface area (Å²) in [5, 5.41) is 11.0. The first-order chi connectivity index (χ1) is 14.5. The van der Waals surface area contributed by atoms with Gasteiger partial charge >= 0.3 is 5.97 Å². The van der Waals surface area contributed by atoms with Crippen LogP contribution in [0.2, 0.25) is 0 Å². The maximum absolute atomic E-state index is 12.4. The van der Waals surface area contributed by atoms with Crippen LogP contribution in [0.25, 0.3) is 11.3 Å². The van der Waals surface area contributed by atoms with E-state index in [1.54, 1.807) is 24.3 Å². The molecule has 8 nitrogen and oxygen atoms in total. The van der Waals surface area contributed by atoms with E-state index >= 15 is 0 Å². The van der Waals surface area contributed by atoms with Gasteiger partial charge in [-0.3, -0.25) is 9.89 Å². The Labute approximate surface area is 173 Å². The van der Waals surface area contributed by atoms with E-state index < -0.39 is 11.9 Å². The number of nitrogens with zero attached hydrogens (tertiary/aromatic N) is 2. The summed E-state index contributed by atoms with van der Waals surface area (Å²) in [6.07, 6.45) is 1.48. The number of benzene rings is 2. The molecule has 0 atom stereocenters. The number of aromatic amines is 1. The lowest BCUT2D eigenvalue weighted by molar-refractivity contribution is 0.0600. The fraction of sp³-hybridized carbons (Fsp3) is 0.182. The second kappa shape index (κ2) is 9.51. The Hall–Kier alpha value is -3.94. The van der Waals surface area contributed by atoms with Crippen LogP contribution in [-0.2, 0) is 4.74 Å². The average Bonchev–Trinajstić information content (AvgIpc) is 3.16. The van der Waals surface area contributed by atoms with Crippen LogP contribution < -0.4 is 10.2 Å². The van der Waals surface area contributed by atoms with Gasteiger partial charge in [0, 0.05) is 11.1 Å². The largest absolute Gasteiger partial charge is 0.494 e. The molecular formula is C22H22N4O4. The lowest BCUT2D eigenvalue weighted by Gasteiger charge is -2.04. The molecule has 0 bridgehead atoms. The molecule has 2 N–H and O–H groups in total. The van der Waals surface area contributed by atoms with Crippen molar-refractivity contribution < 1.29 is 19.1 Å². The minimum absolute atomic E-state index is 0.331. The second-order valence-electron chi connectivity index (χ2n) is 6.34. The number of amides is 1. The van der Waals surface area contributed by atoms with Gasteiger partial charge in [-0.05, 0) is 55.8 Å². The molecule has 0 saturated carbocycles. The van der Waals surface area contributed by atoms with Crippen LogP contribution in [-0.4, -0.2) is 42.0 Å². The van der Waals surface area contributed by atoms with Gasteiger partial charge in [0.25, 0.3) is 5.91 Å². The fourth-order valence-corrected chi connectivity index (χ4v) is 2.82. The number of hydrazone groups is 1. The predicted molar refractivity (Wildman–Crippen MR) is 113 cm³/mol. The van der Waals surface area contributed by atoms with Gasteiger partial charge in [0.15, 0.2) is 0 Å². The third-order valence-electron chi connectivity index (χ3n) is 4.39. The molecular weight excluding hydrogens is 384 g/mol. The molecule has 0 radical (unpaired) electrons. The Morgan fingerprint density at radius 1 is 1.13 bits per heavy atom. The van der Waals surface area contributed by atoms with Gasteiger partial charge in [-0.15, -0.1) is 0 Å². The standard InChI is InChI=1S/C22H22N4O4/c1-4-30-18-11-9-16(10-12-18)19-14(2)20(25-24-19)21(27)26-23-13-15-5-7-17(8-6-15)22(28)29-3/h5-13H,4H2,1-3H3,(H,24,25)(H,26,27)/b23-13-. The van der Waals surface area contributed by atoms with E-state index in [1.807, 2.05) is 38.1 Å². The Morgan fingerprint density at radius 3 is 2.47 bits per heavy atom. The van der Waals surface area contributed by atoms with Crippen molar-refractivity contribution in [3.8, 4) is 17.0 Å². The number of hydrogen-bond donors (Lipinski definition) is 2. The first kappa shape index (κ1) is 20.8.